The molecule has 0 radical (unpaired) electrons. The first-order valence-corrected chi connectivity index (χ1v) is 8.35. The van der Waals surface area contributed by atoms with Crippen molar-refractivity contribution in [3.63, 3.8) is 0 Å². The Bertz CT molecular complexity index is 326. The van der Waals surface area contributed by atoms with Gasteiger partial charge in [0.25, 0.3) is 0 Å². The van der Waals surface area contributed by atoms with Gasteiger partial charge in [0.15, 0.2) is 0 Å². The molecule has 2 rings (SSSR count). The zero-order valence-electron chi connectivity index (χ0n) is 14.1. The van der Waals surface area contributed by atoms with Crippen molar-refractivity contribution in [2.24, 2.45) is 0 Å². The summed E-state index contributed by atoms with van der Waals surface area (Å²) >= 11 is 0. The molecule has 0 saturated carbocycles. The normalized spacial score (nSPS) is 21.3. The Hall–Kier alpha value is -0.890. The van der Waals surface area contributed by atoms with Gasteiger partial charge in [-0.2, -0.15) is 0 Å². The second-order valence-corrected chi connectivity index (χ2v) is 6.32. The summed E-state index contributed by atoms with van der Waals surface area (Å²) in [5, 5.41) is 3.04. The van der Waals surface area contributed by atoms with Crippen LogP contribution in [-0.2, 0) is 4.74 Å². The summed E-state index contributed by atoms with van der Waals surface area (Å²) in [5.74, 6) is 0. The first-order chi connectivity index (χ1) is 10.6. The molecule has 2 aliphatic rings. The van der Waals surface area contributed by atoms with Crippen molar-refractivity contribution < 1.29 is 9.53 Å². The Morgan fingerprint density at radius 3 is 2.27 bits per heavy atom. The minimum Gasteiger partial charge on any atom is -0.379 e. The summed E-state index contributed by atoms with van der Waals surface area (Å²) in [6, 6.07) is 0.0838. The molecular formula is C15H31N5O2. The van der Waals surface area contributed by atoms with Crippen LogP contribution in [0, 0.1) is 0 Å². The second-order valence-electron chi connectivity index (χ2n) is 6.32. The van der Waals surface area contributed by atoms with Gasteiger partial charge in [-0.3, -0.25) is 9.80 Å². The van der Waals surface area contributed by atoms with Crippen LogP contribution in [0.4, 0.5) is 4.79 Å². The summed E-state index contributed by atoms with van der Waals surface area (Å²) in [5.41, 5.74) is 0. The van der Waals surface area contributed by atoms with E-state index in [1.54, 1.807) is 0 Å². The number of carbonyl (C=O) groups is 1. The Morgan fingerprint density at radius 2 is 1.64 bits per heavy atom. The predicted octanol–water partition coefficient (Wildman–Crippen LogP) is -0.793. The second kappa shape index (κ2) is 9.29. The molecule has 1 N–H and O–H groups in total. The van der Waals surface area contributed by atoms with Crippen LogP contribution in [0.15, 0.2) is 0 Å². The van der Waals surface area contributed by atoms with Crippen molar-refractivity contribution in [3.8, 4) is 0 Å². The lowest BCUT2D eigenvalue weighted by Gasteiger charge is -2.35. The third kappa shape index (κ3) is 6.08. The molecule has 0 bridgehead atoms. The summed E-state index contributed by atoms with van der Waals surface area (Å²) in [7, 11) is 4.19. The van der Waals surface area contributed by atoms with E-state index < -0.39 is 0 Å². The van der Waals surface area contributed by atoms with Gasteiger partial charge < -0.3 is 19.9 Å². The number of piperazine rings is 1. The highest BCUT2D eigenvalue weighted by molar-refractivity contribution is 5.74. The van der Waals surface area contributed by atoms with Crippen molar-refractivity contribution in [3.05, 3.63) is 0 Å². The molecule has 0 spiro atoms. The number of nitrogens with one attached hydrogen (secondary N) is 1. The number of ether oxygens (including phenoxy) is 1. The lowest BCUT2D eigenvalue weighted by atomic mass is 10.3. The van der Waals surface area contributed by atoms with Crippen molar-refractivity contribution in [1.82, 2.24) is 24.9 Å². The number of nitrogens with zero attached hydrogens (tertiary/aromatic N) is 4. The molecule has 0 aromatic rings. The van der Waals surface area contributed by atoms with Crippen LogP contribution in [0.3, 0.4) is 0 Å². The average molecular weight is 313 g/mol. The summed E-state index contributed by atoms with van der Waals surface area (Å²) < 4.78 is 5.32. The van der Waals surface area contributed by atoms with Crippen LogP contribution in [0.5, 0.6) is 0 Å². The van der Waals surface area contributed by atoms with E-state index in [1.807, 2.05) is 4.90 Å². The highest BCUT2D eigenvalue weighted by atomic mass is 16.5. The van der Waals surface area contributed by atoms with E-state index in [2.05, 4.69) is 34.1 Å². The molecule has 22 heavy (non-hydrogen) atoms. The van der Waals surface area contributed by atoms with Crippen LogP contribution in [0.1, 0.15) is 0 Å². The molecule has 2 amide bonds. The molecule has 7 heteroatoms. The first-order valence-electron chi connectivity index (χ1n) is 8.35. The van der Waals surface area contributed by atoms with E-state index >= 15 is 0 Å². The van der Waals surface area contributed by atoms with E-state index in [1.165, 1.54) is 0 Å². The van der Waals surface area contributed by atoms with Crippen LogP contribution in [0.2, 0.25) is 0 Å². The molecule has 2 aliphatic heterocycles. The Balaban J connectivity index is 1.56. The summed E-state index contributed by atoms with van der Waals surface area (Å²) in [6.07, 6.45) is 0. The Kier molecular flexibility index (Phi) is 7.38. The molecule has 0 atom stereocenters. The molecule has 0 aromatic heterocycles. The third-order valence-corrected chi connectivity index (χ3v) is 4.33. The maximum atomic E-state index is 12.2. The SMILES string of the molecule is CN(C)CCN1CCN(C(=O)NCCN2CCOCC2)CC1. The number of amides is 2. The molecule has 0 unspecified atom stereocenters. The van der Waals surface area contributed by atoms with Gasteiger partial charge in [-0.15, -0.1) is 0 Å². The number of carbonyl (C=O) groups excluding carboxylic acids is 1. The zero-order valence-corrected chi connectivity index (χ0v) is 14.1. The highest BCUT2D eigenvalue weighted by Crippen LogP contribution is 2.02. The summed E-state index contributed by atoms with van der Waals surface area (Å²) in [4.78, 5) is 21.1. The lowest BCUT2D eigenvalue weighted by Crippen LogP contribution is -2.53. The molecular weight excluding hydrogens is 282 g/mol. The minimum absolute atomic E-state index is 0.0838. The van der Waals surface area contributed by atoms with Crippen LogP contribution >= 0.6 is 0 Å². The van der Waals surface area contributed by atoms with E-state index in [-0.39, 0.29) is 6.03 Å². The van der Waals surface area contributed by atoms with Gasteiger partial charge in [0.2, 0.25) is 0 Å². The third-order valence-electron chi connectivity index (χ3n) is 4.33. The molecule has 7 nitrogen and oxygen atoms in total. The van der Waals surface area contributed by atoms with Crippen molar-refractivity contribution in [2.75, 3.05) is 92.8 Å². The molecule has 2 heterocycles. The average Bonchev–Trinajstić information content (AvgIpc) is 2.54. The van der Waals surface area contributed by atoms with Crippen molar-refractivity contribution >= 4 is 6.03 Å². The molecule has 0 aliphatic carbocycles. The van der Waals surface area contributed by atoms with E-state index in [0.717, 1.165) is 78.7 Å². The predicted molar refractivity (Wildman–Crippen MR) is 87.2 cm³/mol. The van der Waals surface area contributed by atoms with Crippen molar-refractivity contribution in [2.45, 2.75) is 0 Å². The van der Waals surface area contributed by atoms with E-state index in [0.29, 0.717) is 0 Å². The van der Waals surface area contributed by atoms with E-state index in [4.69, 9.17) is 4.74 Å². The van der Waals surface area contributed by atoms with Crippen LogP contribution in [0.25, 0.3) is 0 Å². The number of rotatable bonds is 6. The number of urea groups is 1. The first kappa shape index (κ1) is 17.5. The smallest absolute Gasteiger partial charge is 0.317 e. The molecule has 0 aromatic carbocycles. The fraction of sp³-hybridized carbons (Fsp3) is 0.933. The number of likely N-dealkylation sites (N-methyl/N-ethyl adjacent to an activating group) is 1. The zero-order chi connectivity index (χ0) is 15.8. The summed E-state index contributed by atoms with van der Waals surface area (Å²) in [6.45, 7) is 11.0. The van der Waals surface area contributed by atoms with Crippen LogP contribution in [-0.4, -0.2) is 118 Å². The quantitative estimate of drug-likeness (QED) is 0.696. The molecule has 2 saturated heterocycles. The van der Waals surface area contributed by atoms with Crippen LogP contribution < -0.4 is 5.32 Å². The van der Waals surface area contributed by atoms with Gasteiger partial charge in [0, 0.05) is 65.4 Å². The molecule has 2 fully saturated rings. The van der Waals surface area contributed by atoms with Gasteiger partial charge in [-0.25, -0.2) is 4.79 Å². The Morgan fingerprint density at radius 1 is 1.00 bits per heavy atom. The van der Waals surface area contributed by atoms with Gasteiger partial charge in [0.05, 0.1) is 13.2 Å². The highest BCUT2D eigenvalue weighted by Gasteiger charge is 2.20. The number of morpholine rings is 1. The van der Waals surface area contributed by atoms with Gasteiger partial charge in [-0.05, 0) is 14.1 Å². The maximum Gasteiger partial charge on any atom is 0.317 e. The Labute approximate surface area is 134 Å². The topological polar surface area (TPSA) is 51.3 Å². The van der Waals surface area contributed by atoms with E-state index in [9.17, 15) is 4.79 Å². The van der Waals surface area contributed by atoms with Gasteiger partial charge in [-0.1, -0.05) is 0 Å². The standard InChI is InChI=1S/C15H31N5O2/c1-17(2)5-6-19-7-9-20(10-8-19)15(21)16-3-4-18-11-13-22-14-12-18/h3-14H2,1-2H3,(H,16,21). The molecule has 128 valence electrons. The van der Waals surface area contributed by atoms with Gasteiger partial charge in [0.1, 0.15) is 0 Å². The minimum atomic E-state index is 0.0838. The van der Waals surface area contributed by atoms with Gasteiger partial charge >= 0.3 is 6.03 Å². The monoisotopic (exact) mass is 313 g/mol. The number of hydrogen-bond acceptors (Lipinski definition) is 5. The lowest BCUT2D eigenvalue weighted by molar-refractivity contribution is 0.0385. The fourth-order valence-corrected chi connectivity index (χ4v) is 2.77. The van der Waals surface area contributed by atoms with Crippen molar-refractivity contribution in [1.29, 1.82) is 0 Å². The largest absolute Gasteiger partial charge is 0.379 e. The number of hydrogen-bond donors (Lipinski definition) is 1. The fourth-order valence-electron chi connectivity index (χ4n) is 2.77. The maximum absolute atomic E-state index is 12.2.